The van der Waals surface area contributed by atoms with Crippen LogP contribution in [0.25, 0.3) is 0 Å². The largest absolute Gasteiger partial charge is 0.551 e. The van der Waals surface area contributed by atoms with E-state index in [0.29, 0.717) is 37.3 Å². The molecule has 0 radical (unpaired) electrons. The summed E-state index contributed by atoms with van der Waals surface area (Å²) in [6.45, 7) is 7.23. The van der Waals surface area contributed by atoms with Crippen LogP contribution in [-0.4, -0.2) is 40.5 Å². The second-order valence-electron chi connectivity index (χ2n) is 5.77. The second-order valence-corrected chi connectivity index (χ2v) is 6.38. The Morgan fingerprint density at radius 1 is 1.52 bits per heavy atom. The first-order valence-electron chi connectivity index (χ1n) is 7.55. The van der Waals surface area contributed by atoms with E-state index in [9.17, 15) is 9.59 Å². The maximum Gasteiger partial charge on any atom is 0.293 e. The van der Waals surface area contributed by atoms with Gasteiger partial charge in [-0.2, -0.15) is 0 Å². The number of ketones is 1. The van der Waals surface area contributed by atoms with Gasteiger partial charge in [0.2, 0.25) is 9.38 Å². The summed E-state index contributed by atoms with van der Waals surface area (Å²) in [5.74, 6) is 0.816. The van der Waals surface area contributed by atoms with Gasteiger partial charge in [-0.25, -0.2) is 0 Å². The third-order valence-electron chi connectivity index (χ3n) is 4.73. The summed E-state index contributed by atoms with van der Waals surface area (Å²) in [7, 11) is -0.125. The zero-order valence-corrected chi connectivity index (χ0v) is 14.4. The van der Waals surface area contributed by atoms with Gasteiger partial charge in [-0.05, 0) is 37.7 Å². The zero-order chi connectivity index (χ0) is 15.9. The predicted octanol–water partition coefficient (Wildman–Crippen LogP) is 2.06. The number of rotatable bonds is 4. The van der Waals surface area contributed by atoms with Crippen LogP contribution in [0, 0.1) is 11.3 Å². The first-order valence-corrected chi connectivity index (χ1v) is 8.83. The van der Waals surface area contributed by atoms with Crippen LogP contribution in [0.3, 0.4) is 0 Å². The van der Waals surface area contributed by atoms with Crippen molar-refractivity contribution in [1.29, 1.82) is 0 Å². The minimum absolute atomic E-state index is 0.125. The van der Waals surface area contributed by atoms with Crippen molar-refractivity contribution in [2.24, 2.45) is 11.3 Å². The minimum atomic E-state index is -0.125. The Labute approximate surface area is 129 Å². The predicted molar refractivity (Wildman–Crippen MR) is 85.7 cm³/mol. The minimum Gasteiger partial charge on any atom is -0.551 e. The fourth-order valence-corrected chi connectivity index (χ4v) is 3.81. The smallest absolute Gasteiger partial charge is 0.293 e. The van der Waals surface area contributed by atoms with E-state index < -0.39 is 0 Å². The van der Waals surface area contributed by atoms with Gasteiger partial charge in [0, 0.05) is 12.3 Å². The van der Waals surface area contributed by atoms with Crippen molar-refractivity contribution in [3.63, 3.8) is 0 Å². The molecule has 5 heteroatoms. The lowest BCUT2D eigenvalue weighted by atomic mass is 9.59. The molecule has 0 aromatic carbocycles. The molecular formula is C16H26O4Si. The standard InChI is InChI=1S/C13H20O2Si.C3H6O2/c1-9-12(15-16-3)5-4-10-8-11(14)6-7-13(9,10)2;1-2-5-3-4/h8-9,12,16H,3-7H2,1-2H3;3H,2H2,1H3. The van der Waals surface area contributed by atoms with Crippen LogP contribution >= 0.6 is 0 Å². The quantitative estimate of drug-likeness (QED) is 0.589. The number of allylic oxidation sites excluding steroid dienone is 2. The highest BCUT2D eigenvalue weighted by Crippen LogP contribution is 2.50. The molecule has 0 amide bonds. The summed E-state index contributed by atoms with van der Waals surface area (Å²) >= 11 is 0. The highest BCUT2D eigenvalue weighted by atomic mass is 28.2. The van der Waals surface area contributed by atoms with Gasteiger partial charge in [0.15, 0.2) is 5.78 Å². The molecule has 0 bridgehead atoms. The second kappa shape index (κ2) is 8.27. The zero-order valence-electron chi connectivity index (χ0n) is 13.3. The molecule has 2 aliphatic rings. The molecule has 3 atom stereocenters. The molecule has 2 rings (SSSR count). The lowest BCUT2D eigenvalue weighted by Crippen LogP contribution is -2.43. The molecule has 0 aliphatic heterocycles. The molecule has 0 aromatic rings. The van der Waals surface area contributed by atoms with Gasteiger partial charge >= 0.3 is 0 Å². The third-order valence-corrected chi connectivity index (χ3v) is 5.27. The molecule has 1 saturated carbocycles. The van der Waals surface area contributed by atoms with E-state index in [1.54, 1.807) is 6.92 Å². The summed E-state index contributed by atoms with van der Waals surface area (Å²) in [5, 5.41) is 0. The molecule has 0 aromatic heterocycles. The lowest BCUT2D eigenvalue weighted by Gasteiger charge is -2.47. The molecular weight excluding hydrogens is 284 g/mol. The maximum absolute atomic E-state index is 11.5. The fourth-order valence-electron chi connectivity index (χ4n) is 3.19. The monoisotopic (exact) mass is 310 g/mol. The fraction of sp³-hybridized carbons (Fsp3) is 0.688. The number of hydrogen-bond donors (Lipinski definition) is 0. The molecule has 0 spiro atoms. The van der Waals surface area contributed by atoms with E-state index >= 15 is 0 Å². The number of ether oxygens (including phenoxy) is 1. The van der Waals surface area contributed by atoms with Crippen LogP contribution in [0.5, 0.6) is 0 Å². The van der Waals surface area contributed by atoms with E-state index in [1.165, 1.54) is 5.57 Å². The van der Waals surface area contributed by atoms with Gasteiger partial charge in [0.25, 0.3) is 6.47 Å². The van der Waals surface area contributed by atoms with Crippen molar-refractivity contribution in [1.82, 2.24) is 0 Å². The van der Waals surface area contributed by atoms with E-state index in [4.69, 9.17) is 4.43 Å². The van der Waals surface area contributed by atoms with Crippen LogP contribution in [0.15, 0.2) is 11.6 Å². The maximum atomic E-state index is 11.5. The highest BCUT2D eigenvalue weighted by Gasteiger charge is 2.44. The Morgan fingerprint density at radius 3 is 2.76 bits per heavy atom. The van der Waals surface area contributed by atoms with Gasteiger partial charge < -0.3 is 9.16 Å². The van der Waals surface area contributed by atoms with E-state index in [2.05, 4.69) is 24.8 Å². The van der Waals surface area contributed by atoms with E-state index in [-0.39, 0.29) is 14.8 Å². The Bertz CT molecular complexity index is 419. The molecule has 21 heavy (non-hydrogen) atoms. The molecule has 2 aliphatic carbocycles. The molecule has 4 nitrogen and oxygen atoms in total. The number of carbonyl (C=O) groups excluding carboxylic acids is 2. The number of hydrogen-bond acceptors (Lipinski definition) is 4. The van der Waals surface area contributed by atoms with Crippen LogP contribution in [0.1, 0.15) is 46.5 Å². The van der Waals surface area contributed by atoms with Crippen molar-refractivity contribution in [2.45, 2.75) is 52.6 Å². The summed E-state index contributed by atoms with van der Waals surface area (Å²) in [6, 6.07) is 0. The van der Waals surface area contributed by atoms with Gasteiger partial charge in [0.05, 0.1) is 12.7 Å². The summed E-state index contributed by atoms with van der Waals surface area (Å²) in [4.78, 5) is 20.6. The SMILES string of the molecule is C=[SiH]OC1CCC2=CC(=O)CCC2(C)C1C.CCOC=O. The highest BCUT2D eigenvalue weighted by molar-refractivity contribution is 6.33. The summed E-state index contributed by atoms with van der Waals surface area (Å²) < 4.78 is 9.95. The number of carbonyl (C=O) groups is 2. The van der Waals surface area contributed by atoms with Gasteiger partial charge in [0.1, 0.15) is 0 Å². The Hall–Kier alpha value is -1.23. The first-order chi connectivity index (χ1) is 9.99. The molecule has 3 unspecified atom stereocenters. The Morgan fingerprint density at radius 2 is 2.24 bits per heavy atom. The molecule has 1 fully saturated rings. The topological polar surface area (TPSA) is 52.6 Å². The number of fused-ring (bicyclic) bond motifs is 1. The van der Waals surface area contributed by atoms with E-state index in [1.807, 2.05) is 6.08 Å². The normalized spacial score (nSPS) is 31.0. The Balaban J connectivity index is 0.000000383. The molecule has 0 heterocycles. The summed E-state index contributed by atoms with van der Waals surface area (Å²) in [6.07, 6.45) is 9.86. The van der Waals surface area contributed by atoms with Crippen LogP contribution in [0.4, 0.5) is 0 Å². The van der Waals surface area contributed by atoms with Crippen molar-refractivity contribution in [3.05, 3.63) is 11.6 Å². The van der Waals surface area contributed by atoms with Crippen molar-refractivity contribution >= 4 is 27.8 Å². The van der Waals surface area contributed by atoms with Gasteiger partial charge in [-0.15, -0.1) is 0 Å². The van der Waals surface area contributed by atoms with Gasteiger partial charge in [-0.3, -0.25) is 9.59 Å². The van der Waals surface area contributed by atoms with Gasteiger partial charge in [-0.1, -0.05) is 25.6 Å². The van der Waals surface area contributed by atoms with Crippen molar-refractivity contribution in [2.75, 3.05) is 6.61 Å². The van der Waals surface area contributed by atoms with Crippen molar-refractivity contribution < 1.29 is 18.8 Å². The van der Waals surface area contributed by atoms with Crippen molar-refractivity contribution in [3.8, 4) is 0 Å². The Kier molecular flexibility index (Phi) is 7.02. The summed E-state index contributed by atoms with van der Waals surface area (Å²) in [5.41, 5.74) is 1.54. The molecule has 0 N–H and O–H groups in total. The van der Waals surface area contributed by atoms with Crippen LogP contribution < -0.4 is 0 Å². The average molecular weight is 310 g/mol. The molecule has 0 saturated heterocycles. The van der Waals surface area contributed by atoms with Crippen LogP contribution in [-0.2, 0) is 18.8 Å². The average Bonchev–Trinajstić information content (AvgIpc) is 2.46. The third kappa shape index (κ3) is 4.36. The first kappa shape index (κ1) is 17.8. The molecule has 118 valence electrons. The van der Waals surface area contributed by atoms with E-state index in [0.717, 1.165) is 19.3 Å². The lowest BCUT2D eigenvalue weighted by molar-refractivity contribution is -0.128. The van der Waals surface area contributed by atoms with Crippen LogP contribution in [0.2, 0.25) is 0 Å².